The van der Waals surface area contributed by atoms with E-state index in [1.54, 1.807) is 12.1 Å². The highest BCUT2D eigenvalue weighted by Crippen LogP contribution is 2.17. The van der Waals surface area contributed by atoms with Gasteiger partial charge in [-0.25, -0.2) is 9.37 Å². The smallest absolute Gasteiger partial charge is 0.160 e. The Labute approximate surface area is 110 Å². The molecule has 3 nitrogen and oxygen atoms in total. The molecular weight excluding hydrogens is 241 g/mol. The fraction of sp³-hybridized carbons (Fsp3) is 0.133. The minimum atomic E-state index is -0.223. The summed E-state index contributed by atoms with van der Waals surface area (Å²) in [5, 5.41) is 0. The molecule has 0 bridgehead atoms. The van der Waals surface area contributed by atoms with Crippen LogP contribution in [0.15, 0.2) is 42.7 Å². The maximum Gasteiger partial charge on any atom is 0.160 e. The van der Waals surface area contributed by atoms with Crippen LogP contribution in [-0.4, -0.2) is 9.38 Å². The van der Waals surface area contributed by atoms with Gasteiger partial charge < -0.3 is 10.1 Å². The van der Waals surface area contributed by atoms with Gasteiger partial charge in [-0.05, 0) is 36.2 Å². The van der Waals surface area contributed by atoms with E-state index in [2.05, 4.69) is 4.98 Å². The Morgan fingerprint density at radius 2 is 1.95 bits per heavy atom. The number of nitrogen functional groups attached to an aromatic ring is 1. The first-order valence-corrected chi connectivity index (χ1v) is 6.10. The van der Waals surface area contributed by atoms with Gasteiger partial charge in [-0.1, -0.05) is 12.1 Å². The number of aryl methyl sites for hydroxylation is 1. The number of nitrogens with two attached hydrogens (primary N) is 1. The van der Waals surface area contributed by atoms with Crippen LogP contribution >= 0.6 is 0 Å². The average molecular weight is 255 g/mol. The minimum Gasteiger partial charge on any atom is -0.396 e. The number of nitrogens with zero attached hydrogens (tertiary/aromatic N) is 2. The van der Waals surface area contributed by atoms with Gasteiger partial charge in [0, 0.05) is 18.8 Å². The van der Waals surface area contributed by atoms with Crippen LogP contribution in [0, 0.1) is 12.7 Å². The molecule has 0 spiro atoms. The highest BCUT2D eigenvalue weighted by Gasteiger charge is 2.06. The van der Waals surface area contributed by atoms with Gasteiger partial charge in [-0.15, -0.1) is 0 Å². The monoisotopic (exact) mass is 255 g/mol. The summed E-state index contributed by atoms with van der Waals surface area (Å²) in [6, 6.07) is 8.37. The van der Waals surface area contributed by atoms with E-state index in [9.17, 15) is 4.39 Å². The molecule has 2 heterocycles. The quantitative estimate of drug-likeness (QED) is 0.765. The molecule has 0 amide bonds. The van der Waals surface area contributed by atoms with E-state index in [-0.39, 0.29) is 5.82 Å². The third kappa shape index (κ3) is 2.29. The van der Waals surface area contributed by atoms with Crippen molar-refractivity contribution in [2.45, 2.75) is 13.3 Å². The fourth-order valence-electron chi connectivity index (χ4n) is 2.22. The zero-order valence-corrected chi connectivity index (χ0v) is 10.6. The predicted octanol–water partition coefficient (Wildman–Crippen LogP) is 2.95. The minimum absolute atomic E-state index is 0.223. The zero-order chi connectivity index (χ0) is 13.4. The molecule has 2 aromatic heterocycles. The van der Waals surface area contributed by atoms with Crippen LogP contribution in [0.5, 0.6) is 0 Å². The van der Waals surface area contributed by atoms with Crippen LogP contribution in [0.2, 0.25) is 0 Å². The number of halogens is 1. The van der Waals surface area contributed by atoms with Gasteiger partial charge in [0.15, 0.2) is 5.65 Å². The van der Waals surface area contributed by atoms with Crippen LogP contribution in [0.25, 0.3) is 5.65 Å². The Bertz CT molecular complexity index is 729. The SMILES string of the molecule is Cc1cc(N)c2nc(Cc3ccc(F)cc3)cn2c1. The summed E-state index contributed by atoms with van der Waals surface area (Å²) in [5.74, 6) is -0.223. The van der Waals surface area contributed by atoms with Crippen molar-refractivity contribution in [3.8, 4) is 0 Å². The van der Waals surface area contributed by atoms with Gasteiger partial charge in [-0.2, -0.15) is 0 Å². The molecule has 0 aliphatic heterocycles. The Morgan fingerprint density at radius 3 is 2.68 bits per heavy atom. The van der Waals surface area contributed by atoms with Crippen molar-refractivity contribution in [3.63, 3.8) is 0 Å². The second kappa shape index (κ2) is 4.39. The number of benzene rings is 1. The van der Waals surface area contributed by atoms with Crippen LogP contribution in [0.3, 0.4) is 0 Å². The summed E-state index contributed by atoms with van der Waals surface area (Å²) in [7, 11) is 0. The molecule has 0 atom stereocenters. The first kappa shape index (κ1) is 11.7. The molecule has 0 radical (unpaired) electrons. The molecule has 0 saturated heterocycles. The molecule has 3 rings (SSSR count). The number of imidazole rings is 1. The maximum atomic E-state index is 12.9. The molecule has 0 saturated carbocycles. The molecule has 0 aliphatic carbocycles. The van der Waals surface area contributed by atoms with Gasteiger partial charge in [0.2, 0.25) is 0 Å². The summed E-state index contributed by atoms with van der Waals surface area (Å²) in [6.07, 6.45) is 4.62. The van der Waals surface area contributed by atoms with Crippen molar-refractivity contribution in [2.24, 2.45) is 0 Å². The maximum absolute atomic E-state index is 12.9. The molecule has 0 fully saturated rings. The van der Waals surface area contributed by atoms with Gasteiger partial charge in [-0.3, -0.25) is 0 Å². The van der Waals surface area contributed by atoms with E-state index < -0.39 is 0 Å². The van der Waals surface area contributed by atoms with Crippen LogP contribution < -0.4 is 5.73 Å². The van der Waals surface area contributed by atoms with Gasteiger partial charge >= 0.3 is 0 Å². The number of rotatable bonds is 2. The molecule has 19 heavy (non-hydrogen) atoms. The number of anilines is 1. The number of fused-ring (bicyclic) bond motifs is 1. The number of aromatic nitrogens is 2. The Balaban J connectivity index is 1.97. The van der Waals surface area contributed by atoms with Crippen molar-refractivity contribution in [3.05, 3.63) is 65.4 Å². The van der Waals surface area contributed by atoms with E-state index in [0.29, 0.717) is 12.1 Å². The molecule has 0 aliphatic rings. The van der Waals surface area contributed by atoms with Crippen LogP contribution in [0.1, 0.15) is 16.8 Å². The molecular formula is C15H14FN3. The molecule has 1 aromatic carbocycles. The lowest BCUT2D eigenvalue weighted by Crippen LogP contribution is -1.93. The number of hydrogen-bond donors (Lipinski definition) is 1. The highest BCUT2D eigenvalue weighted by atomic mass is 19.1. The van der Waals surface area contributed by atoms with Crippen molar-refractivity contribution in [1.29, 1.82) is 0 Å². The number of hydrogen-bond acceptors (Lipinski definition) is 2. The normalized spacial score (nSPS) is 11.1. The molecule has 2 N–H and O–H groups in total. The lowest BCUT2D eigenvalue weighted by atomic mass is 10.1. The molecule has 0 unspecified atom stereocenters. The summed E-state index contributed by atoms with van der Waals surface area (Å²) in [5.41, 5.74) is 10.4. The lowest BCUT2D eigenvalue weighted by Gasteiger charge is -1.98. The van der Waals surface area contributed by atoms with E-state index in [1.807, 2.05) is 29.8 Å². The lowest BCUT2D eigenvalue weighted by molar-refractivity contribution is 0.627. The summed E-state index contributed by atoms with van der Waals surface area (Å²) >= 11 is 0. The summed E-state index contributed by atoms with van der Waals surface area (Å²) in [4.78, 5) is 4.52. The Hall–Kier alpha value is -2.36. The highest BCUT2D eigenvalue weighted by molar-refractivity contribution is 5.65. The van der Waals surface area contributed by atoms with Gasteiger partial charge in [0.05, 0.1) is 11.4 Å². The largest absolute Gasteiger partial charge is 0.396 e. The van der Waals surface area contributed by atoms with Gasteiger partial charge in [0.1, 0.15) is 5.82 Å². The average Bonchev–Trinajstić information content (AvgIpc) is 2.75. The second-order valence-corrected chi connectivity index (χ2v) is 4.74. The fourth-order valence-corrected chi connectivity index (χ4v) is 2.22. The van der Waals surface area contributed by atoms with Crippen molar-refractivity contribution < 1.29 is 4.39 Å². The zero-order valence-electron chi connectivity index (χ0n) is 10.6. The molecule has 4 heteroatoms. The molecule has 96 valence electrons. The first-order valence-electron chi connectivity index (χ1n) is 6.10. The van der Waals surface area contributed by atoms with E-state index in [4.69, 9.17) is 5.73 Å². The standard InChI is InChI=1S/C15H14FN3/c1-10-6-14(17)15-18-13(9-19(15)8-10)7-11-2-4-12(16)5-3-11/h2-6,8-9H,7,17H2,1H3. The van der Waals surface area contributed by atoms with Crippen molar-refractivity contribution in [2.75, 3.05) is 5.73 Å². The Kier molecular flexibility index (Phi) is 2.71. The predicted molar refractivity (Wildman–Crippen MR) is 73.5 cm³/mol. The number of pyridine rings is 1. The van der Waals surface area contributed by atoms with E-state index >= 15 is 0 Å². The van der Waals surface area contributed by atoms with E-state index in [1.165, 1.54) is 12.1 Å². The third-order valence-corrected chi connectivity index (χ3v) is 3.06. The Morgan fingerprint density at radius 1 is 1.21 bits per heavy atom. The van der Waals surface area contributed by atoms with Gasteiger partial charge in [0.25, 0.3) is 0 Å². The van der Waals surface area contributed by atoms with E-state index in [0.717, 1.165) is 22.5 Å². The molecule has 3 aromatic rings. The van der Waals surface area contributed by atoms with Crippen LogP contribution in [-0.2, 0) is 6.42 Å². The topological polar surface area (TPSA) is 43.3 Å². The summed E-state index contributed by atoms with van der Waals surface area (Å²) < 4.78 is 14.8. The van der Waals surface area contributed by atoms with Crippen LogP contribution in [0.4, 0.5) is 10.1 Å². The third-order valence-electron chi connectivity index (χ3n) is 3.06. The summed E-state index contributed by atoms with van der Waals surface area (Å²) in [6.45, 7) is 2.00. The first-order chi connectivity index (χ1) is 9.11. The van der Waals surface area contributed by atoms with Crippen molar-refractivity contribution >= 4 is 11.3 Å². The van der Waals surface area contributed by atoms with Crippen molar-refractivity contribution in [1.82, 2.24) is 9.38 Å². The second-order valence-electron chi connectivity index (χ2n) is 4.74.